The van der Waals surface area contributed by atoms with Gasteiger partial charge in [-0.05, 0) is 53.4 Å². The zero-order chi connectivity index (χ0) is 19.3. The maximum Gasteiger partial charge on any atom is 0.273 e. The number of ether oxygens (including phenoxy) is 1. The fourth-order valence-electron chi connectivity index (χ4n) is 2.50. The standard InChI is InChI=1S/C21H15FN2O3S/c22-15-5-9-17(10-6-15)26-16-7-3-14(4-8-16)13-23-21(25)18-12-19(27-24-18)20-2-1-11-28-20/h1-12H,13H2,(H,23,25). The van der Waals surface area contributed by atoms with Crippen molar-refractivity contribution in [1.29, 1.82) is 0 Å². The molecule has 4 aromatic rings. The third-order valence-electron chi connectivity index (χ3n) is 3.93. The highest BCUT2D eigenvalue weighted by molar-refractivity contribution is 7.13. The number of hydrogen-bond donors (Lipinski definition) is 1. The fraction of sp³-hybridized carbons (Fsp3) is 0.0476. The van der Waals surface area contributed by atoms with Crippen molar-refractivity contribution in [3.8, 4) is 22.1 Å². The largest absolute Gasteiger partial charge is 0.457 e. The summed E-state index contributed by atoms with van der Waals surface area (Å²) in [6, 6.07) is 18.5. The number of carbonyl (C=O) groups is 1. The quantitative estimate of drug-likeness (QED) is 0.484. The Morgan fingerprint density at radius 2 is 1.79 bits per heavy atom. The molecular formula is C21H15FN2O3S. The number of nitrogens with one attached hydrogen (secondary N) is 1. The van der Waals surface area contributed by atoms with Crippen LogP contribution in [0.5, 0.6) is 11.5 Å². The number of hydrogen-bond acceptors (Lipinski definition) is 5. The molecule has 140 valence electrons. The number of nitrogens with zero attached hydrogens (tertiary/aromatic N) is 1. The van der Waals surface area contributed by atoms with E-state index in [2.05, 4.69) is 10.5 Å². The fourth-order valence-corrected chi connectivity index (χ4v) is 3.18. The molecule has 0 bridgehead atoms. The van der Waals surface area contributed by atoms with Crippen molar-refractivity contribution >= 4 is 17.2 Å². The van der Waals surface area contributed by atoms with Crippen LogP contribution in [0, 0.1) is 5.82 Å². The smallest absolute Gasteiger partial charge is 0.273 e. The van der Waals surface area contributed by atoms with Crippen LogP contribution < -0.4 is 10.1 Å². The van der Waals surface area contributed by atoms with Gasteiger partial charge >= 0.3 is 0 Å². The summed E-state index contributed by atoms with van der Waals surface area (Å²) < 4.78 is 23.8. The van der Waals surface area contributed by atoms with E-state index in [9.17, 15) is 9.18 Å². The molecule has 28 heavy (non-hydrogen) atoms. The zero-order valence-corrected chi connectivity index (χ0v) is 15.4. The zero-order valence-electron chi connectivity index (χ0n) is 14.6. The molecule has 2 heterocycles. The van der Waals surface area contributed by atoms with E-state index in [-0.39, 0.29) is 17.4 Å². The Labute approximate surface area is 164 Å². The summed E-state index contributed by atoms with van der Waals surface area (Å²) in [7, 11) is 0. The first-order chi connectivity index (χ1) is 13.7. The monoisotopic (exact) mass is 394 g/mol. The van der Waals surface area contributed by atoms with E-state index in [1.807, 2.05) is 29.6 Å². The molecule has 0 radical (unpaired) electrons. The minimum atomic E-state index is -0.312. The van der Waals surface area contributed by atoms with Gasteiger partial charge in [0.1, 0.15) is 17.3 Å². The van der Waals surface area contributed by atoms with Gasteiger partial charge in [0.05, 0.1) is 4.88 Å². The summed E-state index contributed by atoms with van der Waals surface area (Å²) in [6.45, 7) is 0.344. The highest BCUT2D eigenvalue weighted by Gasteiger charge is 2.14. The summed E-state index contributed by atoms with van der Waals surface area (Å²) in [5.74, 6) is 1.13. The topological polar surface area (TPSA) is 64.4 Å². The summed E-state index contributed by atoms with van der Waals surface area (Å²) in [6.07, 6.45) is 0. The third kappa shape index (κ3) is 4.27. The normalized spacial score (nSPS) is 10.6. The molecule has 0 saturated carbocycles. The molecule has 4 rings (SSSR count). The Kier molecular flexibility index (Phi) is 5.16. The van der Waals surface area contributed by atoms with Crippen LogP contribution in [0.2, 0.25) is 0 Å². The molecule has 0 aliphatic carbocycles. The summed E-state index contributed by atoms with van der Waals surface area (Å²) >= 11 is 1.52. The Morgan fingerprint density at radius 1 is 1.07 bits per heavy atom. The maximum atomic E-state index is 12.9. The van der Waals surface area contributed by atoms with Crippen molar-refractivity contribution in [3.05, 3.63) is 89.2 Å². The van der Waals surface area contributed by atoms with Crippen LogP contribution in [0.15, 0.2) is 76.6 Å². The van der Waals surface area contributed by atoms with Gasteiger partial charge in [-0.25, -0.2) is 4.39 Å². The van der Waals surface area contributed by atoms with E-state index in [4.69, 9.17) is 9.26 Å². The molecule has 5 nitrogen and oxygen atoms in total. The van der Waals surface area contributed by atoms with Gasteiger partial charge < -0.3 is 14.6 Å². The number of aromatic nitrogens is 1. The maximum absolute atomic E-state index is 12.9. The van der Waals surface area contributed by atoms with Gasteiger partial charge in [0.2, 0.25) is 0 Å². The summed E-state index contributed by atoms with van der Waals surface area (Å²) in [5, 5.41) is 8.56. The van der Waals surface area contributed by atoms with Gasteiger partial charge in [-0.3, -0.25) is 4.79 Å². The molecule has 0 fully saturated rings. The Balaban J connectivity index is 1.33. The minimum absolute atomic E-state index is 0.236. The van der Waals surface area contributed by atoms with Crippen molar-refractivity contribution < 1.29 is 18.4 Å². The van der Waals surface area contributed by atoms with Crippen LogP contribution in [0.25, 0.3) is 10.6 Å². The van der Waals surface area contributed by atoms with E-state index in [1.165, 1.54) is 23.5 Å². The molecule has 1 N–H and O–H groups in total. The molecule has 0 atom stereocenters. The second kappa shape index (κ2) is 8.06. The lowest BCUT2D eigenvalue weighted by Crippen LogP contribution is -2.22. The molecule has 1 amide bonds. The van der Waals surface area contributed by atoms with Gasteiger partial charge in [-0.15, -0.1) is 11.3 Å². The molecule has 0 aliphatic heterocycles. The van der Waals surface area contributed by atoms with Gasteiger partial charge in [0, 0.05) is 12.6 Å². The SMILES string of the molecule is O=C(NCc1ccc(Oc2ccc(F)cc2)cc1)c1cc(-c2cccs2)on1. The van der Waals surface area contributed by atoms with Gasteiger partial charge in [-0.1, -0.05) is 23.4 Å². The van der Waals surface area contributed by atoms with E-state index >= 15 is 0 Å². The van der Waals surface area contributed by atoms with Crippen molar-refractivity contribution in [3.63, 3.8) is 0 Å². The molecular weight excluding hydrogens is 379 g/mol. The summed E-state index contributed by atoms with van der Waals surface area (Å²) in [5.41, 5.74) is 1.14. The van der Waals surface area contributed by atoms with Crippen molar-refractivity contribution in [2.24, 2.45) is 0 Å². The lowest BCUT2D eigenvalue weighted by molar-refractivity contribution is 0.0942. The number of halogens is 1. The molecule has 0 spiro atoms. The van der Waals surface area contributed by atoms with Crippen LogP contribution in [-0.2, 0) is 6.54 Å². The number of rotatable bonds is 6. The van der Waals surface area contributed by atoms with Gasteiger partial charge in [-0.2, -0.15) is 0 Å². The first-order valence-corrected chi connectivity index (χ1v) is 9.36. The average molecular weight is 394 g/mol. The minimum Gasteiger partial charge on any atom is -0.457 e. The number of carbonyl (C=O) groups excluding carboxylic acids is 1. The number of benzene rings is 2. The first kappa shape index (κ1) is 17.9. The molecule has 2 aromatic heterocycles. The third-order valence-corrected chi connectivity index (χ3v) is 4.82. The van der Waals surface area contributed by atoms with E-state index in [1.54, 1.807) is 30.3 Å². The second-order valence-corrected chi connectivity index (χ2v) is 6.88. The lowest BCUT2D eigenvalue weighted by Gasteiger charge is -2.07. The molecule has 0 unspecified atom stereocenters. The van der Waals surface area contributed by atoms with Crippen LogP contribution >= 0.6 is 11.3 Å². The highest BCUT2D eigenvalue weighted by atomic mass is 32.1. The van der Waals surface area contributed by atoms with Crippen molar-refractivity contribution in [1.82, 2.24) is 10.5 Å². The Bertz CT molecular complexity index is 1060. The van der Waals surface area contributed by atoms with Crippen LogP contribution in [0.4, 0.5) is 4.39 Å². The summed E-state index contributed by atoms with van der Waals surface area (Å²) in [4.78, 5) is 13.2. The van der Waals surface area contributed by atoms with Crippen LogP contribution in [-0.4, -0.2) is 11.1 Å². The van der Waals surface area contributed by atoms with Crippen molar-refractivity contribution in [2.45, 2.75) is 6.54 Å². The number of thiophene rings is 1. The Hall–Kier alpha value is -3.45. The predicted octanol–water partition coefficient (Wildman–Crippen LogP) is 5.26. The molecule has 0 saturated heterocycles. The highest BCUT2D eigenvalue weighted by Crippen LogP contribution is 2.25. The van der Waals surface area contributed by atoms with Crippen molar-refractivity contribution in [2.75, 3.05) is 0 Å². The first-order valence-electron chi connectivity index (χ1n) is 8.48. The van der Waals surface area contributed by atoms with E-state index in [0.717, 1.165) is 10.4 Å². The molecule has 2 aromatic carbocycles. The lowest BCUT2D eigenvalue weighted by atomic mass is 10.2. The van der Waals surface area contributed by atoms with Gasteiger partial charge in [0.15, 0.2) is 11.5 Å². The van der Waals surface area contributed by atoms with E-state index in [0.29, 0.717) is 23.8 Å². The number of amides is 1. The van der Waals surface area contributed by atoms with Gasteiger partial charge in [0.25, 0.3) is 5.91 Å². The predicted molar refractivity (Wildman–Crippen MR) is 104 cm³/mol. The molecule has 0 aliphatic rings. The van der Waals surface area contributed by atoms with Crippen LogP contribution in [0.1, 0.15) is 16.1 Å². The molecule has 7 heteroatoms. The Morgan fingerprint density at radius 3 is 2.46 bits per heavy atom. The second-order valence-electron chi connectivity index (χ2n) is 5.94. The van der Waals surface area contributed by atoms with E-state index < -0.39 is 0 Å². The van der Waals surface area contributed by atoms with Crippen LogP contribution in [0.3, 0.4) is 0 Å². The average Bonchev–Trinajstić information content (AvgIpc) is 3.41.